The molecule has 126 valence electrons. The van der Waals surface area contributed by atoms with Gasteiger partial charge in [-0.25, -0.2) is 0 Å². The number of benzene rings is 1. The molecule has 1 unspecified atom stereocenters. The highest BCUT2D eigenvalue weighted by atomic mass is 32.1. The van der Waals surface area contributed by atoms with Crippen LogP contribution in [-0.4, -0.2) is 16.7 Å². The Labute approximate surface area is 150 Å². The number of hydrogen-bond acceptors (Lipinski definition) is 4. The van der Waals surface area contributed by atoms with Crippen LogP contribution >= 0.6 is 11.3 Å². The molecule has 0 aliphatic carbocycles. The molecule has 0 bridgehead atoms. The molecule has 2 heterocycles. The molecule has 3 rings (SSSR count). The van der Waals surface area contributed by atoms with Gasteiger partial charge in [0.25, 0.3) is 5.91 Å². The smallest absolute Gasteiger partial charge is 0.252 e. The second-order valence-corrected chi connectivity index (χ2v) is 6.71. The van der Waals surface area contributed by atoms with Crippen molar-refractivity contribution in [3.63, 3.8) is 0 Å². The number of thiophene rings is 1. The summed E-state index contributed by atoms with van der Waals surface area (Å²) in [4.78, 5) is 28.8. The van der Waals surface area contributed by atoms with Gasteiger partial charge in [-0.2, -0.15) is 0 Å². The number of carbonyl (C=O) groups is 2. The summed E-state index contributed by atoms with van der Waals surface area (Å²) >= 11 is 1.29. The molecule has 4 nitrogen and oxygen atoms in total. The molecule has 0 fully saturated rings. The zero-order valence-corrected chi connectivity index (χ0v) is 14.8. The first-order valence-electron chi connectivity index (χ1n) is 7.92. The molecule has 25 heavy (non-hydrogen) atoms. The third-order valence-corrected chi connectivity index (χ3v) is 5.05. The lowest BCUT2D eigenvalue weighted by atomic mass is 9.95. The minimum absolute atomic E-state index is 0.0337. The van der Waals surface area contributed by atoms with E-state index in [1.54, 1.807) is 23.8 Å². The average Bonchev–Trinajstić information content (AvgIpc) is 3.12. The number of pyridine rings is 1. The number of Topliss-reactive ketones (excluding diaryl/α,β-unsaturated/α-hetero) is 1. The van der Waals surface area contributed by atoms with Crippen LogP contribution in [0.25, 0.3) is 0 Å². The van der Waals surface area contributed by atoms with Crippen molar-refractivity contribution in [2.75, 3.05) is 0 Å². The fourth-order valence-corrected chi connectivity index (χ4v) is 3.45. The summed E-state index contributed by atoms with van der Waals surface area (Å²) in [5, 5.41) is 4.80. The molecule has 5 heteroatoms. The number of carbonyl (C=O) groups excluding carboxylic acids is 2. The van der Waals surface area contributed by atoms with Crippen molar-refractivity contribution in [1.29, 1.82) is 0 Å². The molecule has 1 N–H and O–H groups in total. The lowest BCUT2D eigenvalue weighted by molar-refractivity contribution is 0.0943. The van der Waals surface area contributed by atoms with E-state index >= 15 is 0 Å². The number of amides is 1. The van der Waals surface area contributed by atoms with Gasteiger partial charge in [0.1, 0.15) is 0 Å². The van der Waals surface area contributed by atoms with Gasteiger partial charge in [-0.3, -0.25) is 14.6 Å². The van der Waals surface area contributed by atoms with Gasteiger partial charge in [-0.05, 0) is 48.7 Å². The van der Waals surface area contributed by atoms with E-state index in [9.17, 15) is 9.59 Å². The fraction of sp³-hybridized carbons (Fsp3) is 0.150. The molecule has 0 saturated heterocycles. The number of aryl methyl sites for hydroxylation is 1. The van der Waals surface area contributed by atoms with Gasteiger partial charge in [0.15, 0.2) is 5.78 Å². The maximum absolute atomic E-state index is 12.7. The Morgan fingerprint density at radius 1 is 1.12 bits per heavy atom. The number of ketones is 1. The highest BCUT2D eigenvalue weighted by molar-refractivity contribution is 7.12. The second-order valence-electron chi connectivity index (χ2n) is 5.80. The number of hydrogen-bond donors (Lipinski definition) is 1. The number of rotatable bonds is 5. The largest absolute Gasteiger partial charge is 0.341 e. The molecule has 1 aromatic carbocycles. The molecule has 1 amide bonds. The van der Waals surface area contributed by atoms with E-state index < -0.39 is 0 Å². The first kappa shape index (κ1) is 17.0. The molecule has 3 aromatic rings. The van der Waals surface area contributed by atoms with Crippen LogP contribution in [0.4, 0.5) is 0 Å². The number of nitrogens with zero attached hydrogens (tertiary/aromatic N) is 1. The van der Waals surface area contributed by atoms with Crippen LogP contribution in [-0.2, 0) is 0 Å². The summed E-state index contributed by atoms with van der Waals surface area (Å²) in [5.74, 6) is -0.234. The highest BCUT2D eigenvalue weighted by Gasteiger charge is 2.20. The van der Waals surface area contributed by atoms with Crippen molar-refractivity contribution in [3.8, 4) is 0 Å². The van der Waals surface area contributed by atoms with Crippen LogP contribution in [0.5, 0.6) is 0 Å². The standard InChI is InChI=1S/C20H18N2O2S/c1-13-5-3-4-6-17(13)19(15-7-9-21-10-8-15)22-20(24)16-11-18(14(2)23)25-12-16/h3-12,19H,1-2H3,(H,22,24). The van der Waals surface area contributed by atoms with E-state index in [2.05, 4.69) is 10.3 Å². The Kier molecular flexibility index (Phi) is 5.05. The van der Waals surface area contributed by atoms with E-state index in [1.807, 2.05) is 43.3 Å². The van der Waals surface area contributed by atoms with Crippen molar-refractivity contribution in [1.82, 2.24) is 10.3 Å². The topological polar surface area (TPSA) is 59.1 Å². The molecule has 0 saturated carbocycles. The monoisotopic (exact) mass is 350 g/mol. The highest BCUT2D eigenvalue weighted by Crippen LogP contribution is 2.25. The summed E-state index contributed by atoms with van der Waals surface area (Å²) < 4.78 is 0. The Hall–Kier alpha value is -2.79. The predicted molar refractivity (Wildman–Crippen MR) is 99.0 cm³/mol. The summed E-state index contributed by atoms with van der Waals surface area (Å²) in [5.41, 5.74) is 3.59. The molecule has 0 spiro atoms. The average molecular weight is 350 g/mol. The van der Waals surface area contributed by atoms with Crippen LogP contribution in [0.3, 0.4) is 0 Å². The lowest BCUT2D eigenvalue weighted by Gasteiger charge is -2.21. The number of aromatic nitrogens is 1. The van der Waals surface area contributed by atoms with E-state index in [0.29, 0.717) is 10.4 Å². The summed E-state index contributed by atoms with van der Waals surface area (Å²) in [6.45, 7) is 3.52. The molecule has 0 aliphatic rings. The summed E-state index contributed by atoms with van der Waals surface area (Å²) in [6.07, 6.45) is 3.43. The summed E-state index contributed by atoms with van der Waals surface area (Å²) in [6, 6.07) is 13.1. The molecule has 1 atom stereocenters. The van der Waals surface area contributed by atoms with Gasteiger partial charge in [-0.1, -0.05) is 24.3 Å². The van der Waals surface area contributed by atoms with Crippen molar-refractivity contribution >= 4 is 23.0 Å². The zero-order chi connectivity index (χ0) is 17.8. The van der Waals surface area contributed by atoms with Gasteiger partial charge in [-0.15, -0.1) is 11.3 Å². The van der Waals surface area contributed by atoms with E-state index in [1.165, 1.54) is 18.3 Å². The SMILES string of the molecule is CC(=O)c1cc(C(=O)NC(c2ccncc2)c2ccccc2C)cs1. The number of nitrogens with one attached hydrogen (secondary N) is 1. The van der Waals surface area contributed by atoms with Crippen LogP contribution in [0.2, 0.25) is 0 Å². The van der Waals surface area contributed by atoms with Gasteiger partial charge in [0.2, 0.25) is 0 Å². The predicted octanol–water partition coefficient (Wildman–Crippen LogP) is 4.17. The van der Waals surface area contributed by atoms with E-state index in [-0.39, 0.29) is 17.7 Å². The van der Waals surface area contributed by atoms with Gasteiger partial charge in [0.05, 0.1) is 16.5 Å². The second kappa shape index (κ2) is 7.40. The molecule has 0 radical (unpaired) electrons. The van der Waals surface area contributed by atoms with E-state index in [4.69, 9.17) is 0 Å². The van der Waals surface area contributed by atoms with Crippen molar-refractivity contribution < 1.29 is 9.59 Å². The minimum atomic E-state index is -0.280. The zero-order valence-electron chi connectivity index (χ0n) is 14.0. The molecule has 0 aliphatic heterocycles. The summed E-state index contributed by atoms with van der Waals surface area (Å²) in [7, 11) is 0. The molecular formula is C20H18N2O2S. The quantitative estimate of drug-likeness (QED) is 0.703. The first-order valence-corrected chi connectivity index (χ1v) is 8.80. The van der Waals surface area contributed by atoms with E-state index in [0.717, 1.165) is 16.7 Å². The normalized spacial score (nSPS) is 11.8. The Morgan fingerprint density at radius 2 is 1.84 bits per heavy atom. The third-order valence-electron chi connectivity index (χ3n) is 4.02. The van der Waals surface area contributed by atoms with Crippen molar-refractivity contribution in [2.45, 2.75) is 19.9 Å². The van der Waals surface area contributed by atoms with Crippen molar-refractivity contribution in [3.05, 3.63) is 87.4 Å². The lowest BCUT2D eigenvalue weighted by Crippen LogP contribution is -2.29. The van der Waals surface area contributed by atoms with Gasteiger partial charge < -0.3 is 5.32 Å². The van der Waals surface area contributed by atoms with Gasteiger partial charge >= 0.3 is 0 Å². The third kappa shape index (κ3) is 3.83. The molecular weight excluding hydrogens is 332 g/mol. The van der Waals surface area contributed by atoms with Crippen LogP contribution in [0, 0.1) is 6.92 Å². The van der Waals surface area contributed by atoms with Crippen LogP contribution in [0.15, 0.2) is 60.2 Å². The first-order chi connectivity index (χ1) is 12.1. The Bertz CT molecular complexity index is 903. The minimum Gasteiger partial charge on any atom is -0.341 e. The molecule has 2 aromatic heterocycles. The maximum atomic E-state index is 12.7. The van der Waals surface area contributed by atoms with Crippen LogP contribution < -0.4 is 5.32 Å². The van der Waals surface area contributed by atoms with Crippen molar-refractivity contribution in [2.24, 2.45) is 0 Å². The Balaban J connectivity index is 1.94. The maximum Gasteiger partial charge on any atom is 0.252 e. The van der Waals surface area contributed by atoms with Crippen LogP contribution in [0.1, 0.15) is 49.7 Å². The Morgan fingerprint density at radius 3 is 2.48 bits per heavy atom. The van der Waals surface area contributed by atoms with Gasteiger partial charge in [0, 0.05) is 17.8 Å². The fourth-order valence-electron chi connectivity index (χ4n) is 2.66.